The molecule has 4 rings (SSSR count). The molecular formula is C26H32N4O3. The van der Waals surface area contributed by atoms with Crippen LogP contribution >= 0.6 is 0 Å². The highest BCUT2D eigenvalue weighted by molar-refractivity contribution is 6.21. The van der Waals surface area contributed by atoms with Gasteiger partial charge in [0.1, 0.15) is 6.04 Å². The number of hydrogen-bond acceptors (Lipinski definition) is 3. The fourth-order valence-corrected chi connectivity index (χ4v) is 4.48. The van der Waals surface area contributed by atoms with Gasteiger partial charge in [0.15, 0.2) is 0 Å². The summed E-state index contributed by atoms with van der Waals surface area (Å²) in [6, 6.07) is 14.0. The number of benzene rings is 2. The Hall–Kier alpha value is -3.35. The molecule has 0 radical (unpaired) electrons. The lowest BCUT2D eigenvalue weighted by Gasteiger charge is -2.32. The highest BCUT2D eigenvalue weighted by Crippen LogP contribution is 2.31. The summed E-state index contributed by atoms with van der Waals surface area (Å²) < 4.78 is 0. The number of carbonyl (C=O) groups is 3. The lowest BCUT2D eigenvalue weighted by atomic mass is 9.98. The summed E-state index contributed by atoms with van der Waals surface area (Å²) in [5, 5.41) is 5.83. The van der Waals surface area contributed by atoms with Crippen molar-refractivity contribution in [1.82, 2.24) is 10.2 Å². The first-order chi connectivity index (χ1) is 15.7. The minimum absolute atomic E-state index is 0.179. The molecule has 2 N–H and O–H groups in total. The predicted molar refractivity (Wildman–Crippen MR) is 130 cm³/mol. The molecule has 0 spiro atoms. The number of anilines is 2. The molecular weight excluding hydrogens is 416 g/mol. The number of piperidine rings is 1. The molecule has 2 saturated heterocycles. The van der Waals surface area contributed by atoms with Crippen LogP contribution in [0, 0.1) is 0 Å². The Bertz CT molecular complexity index is 1030. The second-order valence-electron chi connectivity index (χ2n) is 9.51. The van der Waals surface area contributed by atoms with Crippen LogP contribution in [0.15, 0.2) is 48.5 Å². The number of nitrogens with one attached hydrogen (secondary N) is 2. The van der Waals surface area contributed by atoms with Crippen LogP contribution in [-0.2, 0) is 4.79 Å². The van der Waals surface area contributed by atoms with E-state index in [2.05, 4.69) is 38.3 Å². The van der Waals surface area contributed by atoms with Gasteiger partial charge in [-0.1, -0.05) is 52.0 Å². The Morgan fingerprint density at radius 2 is 1.48 bits per heavy atom. The van der Waals surface area contributed by atoms with E-state index in [-0.39, 0.29) is 24.0 Å². The first-order valence-corrected chi connectivity index (χ1v) is 11.7. The lowest BCUT2D eigenvalue weighted by Crippen LogP contribution is -2.50. The van der Waals surface area contributed by atoms with Gasteiger partial charge in [0.2, 0.25) is 0 Å². The van der Waals surface area contributed by atoms with Crippen LogP contribution in [-0.4, -0.2) is 41.5 Å². The third-order valence-corrected chi connectivity index (χ3v) is 6.53. The van der Waals surface area contributed by atoms with Crippen molar-refractivity contribution in [3.63, 3.8) is 0 Å². The normalized spacial score (nSPS) is 20.4. The van der Waals surface area contributed by atoms with Gasteiger partial charge < -0.3 is 15.5 Å². The molecule has 5 amide bonds. The smallest absolute Gasteiger partial charge is 0.332 e. The quantitative estimate of drug-likeness (QED) is 0.628. The number of urea groups is 2. The number of hydrogen-bond donors (Lipinski definition) is 2. The van der Waals surface area contributed by atoms with Crippen LogP contribution in [0.3, 0.4) is 0 Å². The molecule has 174 valence electrons. The van der Waals surface area contributed by atoms with E-state index in [9.17, 15) is 14.4 Å². The summed E-state index contributed by atoms with van der Waals surface area (Å²) in [5.41, 5.74) is 3.68. The van der Waals surface area contributed by atoms with Crippen molar-refractivity contribution in [2.45, 2.75) is 64.5 Å². The topological polar surface area (TPSA) is 81.8 Å². The molecule has 2 atom stereocenters. The average Bonchev–Trinajstić information content (AvgIpc) is 3.03. The molecule has 0 aliphatic carbocycles. The fraction of sp³-hybridized carbons (Fsp3) is 0.423. The Morgan fingerprint density at radius 1 is 0.909 bits per heavy atom. The van der Waals surface area contributed by atoms with E-state index >= 15 is 0 Å². The molecule has 33 heavy (non-hydrogen) atoms. The molecule has 2 heterocycles. The maximum atomic E-state index is 13.1. The second-order valence-corrected chi connectivity index (χ2v) is 9.51. The Labute approximate surface area is 195 Å². The standard InChI is InChI=1S/C26H32N4O3/c1-16(2)18-5-9-20(10-6-18)27-25(32)28-21-13-14-29-23(15-21)24(31)30(26(29)33)22-11-7-19(8-12-22)17(3)4/h5-12,16-17,21,23H,13-15H2,1-4H3,(H2,27,28,32)/t21-,23-/m0/s1. The largest absolute Gasteiger partial charge is 0.335 e. The zero-order valence-electron chi connectivity index (χ0n) is 19.7. The first-order valence-electron chi connectivity index (χ1n) is 11.7. The van der Waals surface area contributed by atoms with Gasteiger partial charge in [-0.3, -0.25) is 4.79 Å². The van der Waals surface area contributed by atoms with E-state index < -0.39 is 6.04 Å². The zero-order valence-corrected chi connectivity index (χ0v) is 19.7. The van der Waals surface area contributed by atoms with E-state index in [0.29, 0.717) is 36.9 Å². The summed E-state index contributed by atoms with van der Waals surface area (Å²) in [4.78, 5) is 41.5. The SMILES string of the molecule is CC(C)c1ccc(NC(=O)N[C@H]2CCN3C(=O)N(c4ccc(C(C)C)cc4)C(=O)[C@@H]3C2)cc1. The molecule has 2 aliphatic rings. The summed E-state index contributed by atoms with van der Waals surface area (Å²) >= 11 is 0. The monoisotopic (exact) mass is 448 g/mol. The van der Waals surface area contributed by atoms with Crippen LogP contribution in [0.2, 0.25) is 0 Å². The maximum absolute atomic E-state index is 13.1. The van der Waals surface area contributed by atoms with E-state index in [1.165, 1.54) is 10.5 Å². The molecule has 7 nitrogen and oxygen atoms in total. The van der Waals surface area contributed by atoms with E-state index in [4.69, 9.17) is 0 Å². The van der Waals surface area contributed by atoms with Crippen molar-refractivity contribution in [2.75, 3.05) is 16.8 Å². The number of imide groups is 1. The molecule has 2 aromatic carbocycles. The highest BCUT2D eigenvalue weighted by Gasteiger charge is 2.48. The van der Waals surface area contributed by atoms with Gasteiger partial charge in [0, 0.05) is 18.3 Å². The van der Waals surface area contributed by atoms with Crippen molar-refractivity contribution < 1.29 is 14.4 Å². The lowest BCUT2D eigenvalue weighted by molar-refractivity contribution is -0.120. The second kappa shape index (κ2) is 9.25. The van der Waals surface area contributed by atoms with Crippen LogP contribution in [0.5, 0.6) is 0 Å². The number of rotatable bonds is 5. The fourth-order valence-electron chi connectivity index (χ4n) is 4.48. The minimum Gasteiger partial charge on any atom is -0.335 e. The van der Waals surface area contributed by atoms with Gasteiger partial charge in [-0.2, -0.15) is 0 Å². The molecule has 0 saturated carbocycles. The van der Waals surface area contributed by atoms with Crippen molar-refractivity contribution >= 4 is 29.3 Å². The van der Waals surface area contributed by atoms with Crippen LogP contribution in [0.1, 0.15) is 63.5 Å². The number of fused-ring (bicyclic) bond motifs is 1. The maximum Gasteiger partial charge on any atom is 0.332 e. The van der Waals surface area contributed by atoms with Crippen molar-refractivity contribution in [2.24, 2.45) is 0 Å². The van der Waals surface area contributed by atoms with Gasteiger partial charge >= 0.3 is 12.1 Å². The highest BCUT2D eigenvalue weighted by atomic mass is 16.2. The average molecular weight is 449 g/mol. The zero-order chi connectivity index (χ0) is 23.7. The molecule has 2 fully saturated rings. The number of nitrogens with zero attached hydrogens (tertiary/aromatic N) is 2. The summed E-state index contributed by atoms with van der Waals surface area (Å²) in [6.45, 7) is 8.89. The molecule has 2 aliphatic heterocycles. The van der Waals surface area contributed by atoms with E-state index in [1.54, 1.807) is 4.90 Å². The van der Waals surface area contributed by atoms with Gasteiger partial charge in [-0.25, -0.2) is 14.5 Å². The molecule has 0 unspecified atom stereocenters. The Balaban J connectivity index is 1.38. The van der Waals surface area contributed by atoms with Crippen molar-refractivity contribution in [3.8, 4) is 0 Å². The van der Waals surface area contributed by atoms with Crippen LogP contribution < -0.4 is 15.5 Å². The van der Waals surface area contributed by atoms with E-state index in [0.717, 1.165) is 11.3 Å². The van der Waals surface area contributed by atoms with Crippen LogP contribution in [0.4, 0.5) is 21.0 Å². The third kappa shape index (κ3) is 4.72. The predicted octanol–water partition coefficient (Wildman–Crippen LogP) is 5.05. The molecule has 7 heteroatoms. The van der Waals surface area contributed by atoms with Crippen molar-refractivity contribution in [3.05, 3.63) is 59.7 Å². The molecule has 0 aromatic heterocycles. The summed E-state index contributed by atoms with van der Waals surface area (Å²) in [7, 11) is 0. The van der Waals surface area contributed by atoms with Gasteiger partial charge in [0.05, 0.1) is 5.69 Å². The summed E-state index contributed by atoms with van der Waals surface area (Å²) in [6.07, 6.45) is 1.01. The van der Waals surface area contributed by atoms with Crippen LogP contribution in [0.25, 0.3) is 0 Å². The molecule has 2 aromatic rings. The first kappa shape index (κ1) is 22.8. The number of carbonyl (C=O) groups excluding carboxylic acids is 3. The third-order valence-electron chi connectivity index (χ3n) is 6.53. The number of amides is 5. The molecule has 0 bridgehead atoms. The van der Waals surface area contributed by atoms with E-state index in [1.807, 2.05) is 48.5 Å². The van der Waals surface area contributed by atoms with Gasteiger partial charge in [-0.15, -0.1) is 0 Å². The van der Waals surface area contributed by atoms with Gasteiger partial charge in [-0.05, 0) is 60.1 Å². The Kier molecular flexibility index (Phi) is 6.40. The minimum atomic E-state index is -0.549. The van der Waals surface area contributed by atoms with Crippen molar-refractivity contribution in [1.29, 1.82) is 0 Å². The Morgan fingerprint density at radius 3 is 2.06 bits per heavy atom. The summed E-state index contributed by atoms with van der Waals surface area (Å²) in [5.74, 6) is 0.576. The van der Waals surface area contributed by atoms with Gasteiger partial charge in [0.25, 0.3) is 5.91 Å².